The van der Waals surface area contributed by atoms with Crippen molar-refractivity contribution in [2.24, 2.45) is 0 Å². The molecule has 7 heteroatoms. The summed E-state index contributed by atoms with van der Waals surface area (Å²) in [6, 6.07) is 12.5. The van der Waals surface area contributed by atoms with Crippen molar-refractivity contribution in [1.82, 2.24) is 15.3 Å². The van der Waals surface area contributed by atoms with E-state index in [2.05, 4.69) is 35.0 Å². The van der Waals surface area contributed by atoms with E-state index >= 15 is 0 Å². The fourth-order valence-corrected chi connectivity index (χ4v) is 5.55. The highest BCUT2D eigenvalue weighted by Gasteiger charge is 2.11. The van der Waals surface area contributed by atoms with Gasteiger partial charge in [0.25, 0.3) is 0 Å². The molecule has 26 heavy (non-hydrogen) atoms. The molecule has 132 valence electrons. The topological polar surface area (TPSA) is 54.9 Å². The molecular weight excluding hydrogens is 382 g/mol. The molecular formula is C19H17N3OS3. The first-order valence-electron chi connectivity index (χ1n) is 8.30. The van der Waals surface area contributed by atoms with Crippen molar-refractivity contribution in [3.8, 4) is 10.6 Å². The summed E-state index contributed by atoms with van der Waals surface area (Å²) < 4.78 is 1.22. The van der Waals surface area contributed by atoms with Crippen molar-refractivity contribution in [2.75, 3.05) is 6.54 Å². The number of nitrogens with one attached hydrogen (secondary N) is 1. The van der Waals surface area contributed by atoms with E-state index in [4.69, 9.17) is 9.97 Å². The standard InChI is InChI=1S/C19H17N3OS3/c1-12(23)20-9-8-13-6-7-17(25-13)15-11-24-18(22-15)10-19-21-14-4-2-3-5-16(14)26-19/h2-7,11H,8-10H2,1H3,(H,20,23). The minimum absolute atomic E-state index is 0.0146. The van der Waals surface area contributed by atoms with Crippen LogP contribution in [0.4, 0.5) is 0 Å². The quantitative estimate of drug-likeness (QED) is 0.509. The van der Waals surface area contributed by atoms with Crippen molar-refractivity contribution in [1.29, 1.82) is 0 Å². The van der Waals surface area contributed by atoms with Crippen LogP contribution in [0.5, 0.6) is 0 Å². The second-order valence-electron chi connectivity index (χ2n) is 5.88. The Morgan fingerprint density at radius 1 is 1.08 bits per heavy atom. The molecule has 0 aliphatic heterocycles. The first-order chi connectivity index (χ1) is 12.7. The van der Waals surface area contributed by atoms with E-state index in [0.717, 1.165) is 34.1 Å². The number of hydrogen-bond acceptors (Lipinski definition) is 6. The zero-order valence-corrected chi connectivity index (χ0v) is 16.6. The highest BCUT2D eigenvalue weighted by Crippen LogP contribution is 2.31. The minimum atomic E-state index is 0.0146. The molecule has 0 aliphatic rings. The van der Waals surface area contributed by atoms with Gasteiger partial charge in [-0.25, -0.2) is 9.97 Å². The number of carbonyl (C=O) groups excluding carboxylic acids is 1. The third-order valence-electron chi connectivity index (χ3n) is 3.85. The monoisotopic (exact) mass is 399 g/mol. The summed E-state index contributed by atoms with van der Waals surface area (Å²) in [4.78, 5) is 22.9. The summed E-state index contributed by atoms with van der Waals surface area (Å²) in [5, 5.41) is 7.15. The fraction of sp³-hybridized carbons (Fsp3) is 0.211. The Balaban J connectivity index is 1.44. The zero-order valence-electron chi connectivity index (χ0n) is 14.2. The van der Waals surface area contributed by atoms with E-state index < -0.39 is 0 Å². The van der Waals surface area contributed by atoms with Crippen LogP contribution in [0.3, 0.4) is 0 Å². The molecule has 0 spiro atoms. The second-order valence-corrected chi connectivity index (χ2v) is 9.10. The third kappa shape index (κ3) is 4.00. The largest absolute Gasteiger partial charge is 0.356 e. The Morgan fingerprint density at radius 3 is 2.81 bits per heavy atom. The zero-order chi connectivity index (χ0) is 17.9. The molecule has 4 rings (SSSR count). The maximum Gasteiger partial charge on any atom is 0.216 e. The molecule has 1 amide bonds. The molecule has 0 fully saturated rings. The highest BCUT2D eigenvalue weighted by atomic mass is 32.1. The van der Waals surface area contributed by atoms with Gasteiger partial charge < -0.3 is 5.32 Å². The Labute approximate surface area is 163 Å². The number of thiazole rings is 2. The van der Waals surface area contributed by atoms with Crippen LogP contribution in [-0.2, 0) is 17.6 Å². The molecule has 3 aromatic heterocycles. The summed E-state index contributed by atoms with van der Waals surface area (Å²) in [7, 11) is 0. The van der Waals surface area contributed by atoms with E-state index in [1.54, 1.807) is 40.9 Å². The lowest BCUT2D eigenvalue weighted by atomic mass is 10.3. The highest BCUT2D eigenvalue weighted by molar-refractivity contribution is 7.18. The van der Waals surface area contributed by atoms with Crippen LogP contribution in [0.2, 0.25) is 0 Å². The van der Waals surface area contributed by atoms with Gasteiger partial charge in [0.2, 0.25) is 5.91 Å². The first-order valence-corrected chi connectivity index (χ1v) is 10.8. The van der Waals surface area contributed by atoms with Gasteiger partial charge in [0.05, 0.1) is 27.2 Å². The minimum Gasteiger partial charge on any atom is -0.356 e. The molecule has 4 aromatic rings. The van der Waals surface area contributed by atoms with Gasteiger partial charge in [0.15, 0.2) is 0 Å². The summed E-state index contributed by atoms with van der Waals surface area (Å²) >= 11 is 5.16. The van der Waals surface area contributed by atoms with Gasteiger partial charge in [0, 0.05) is 23.7 Å². The van der Waals surface area contributed by atoms with Crippen molar-refractivity contribution >= 4 is 50.1 Å². The summed E-state index contributed by atoms with van der Waals surface area (Å²) in [6.45, 7) is 2.22. The third-order valence-corrected chi connectivity index (χ3v) is 6.90. The lowest BCUT2D eigenvalue weighted by molar-refractivity contribution is -0.118. The maximum absolute atomic E-state index is 10.9. The van der Waals surface area contributed by atoms with Gasteiger partial charge in [-0.15, -0.1) is 34.0 Å². The van der Waals surface area contributed by atoms with Crippen molar-refractivity contribution in [3.05, 3.63) is 56.7 Å². The van der Waals surface area contributed by atoms with Gasteiger partial charge in [-0.2, -0.15) is 0 Å². The average Bonchev–Trinajstić information content (AvgIpc) is 3.33. The molecule has 1 N–H and O–H groups in total. The predicted octanol–water partition coefficient (Wildman–Crippen LogP) is 4.75. The van der Waals surface area contributed by atoms with E-state index in [0.29, 0.717) is 6.54 Å². The number of amides is 1. The van der Waals surface area contributed by atoms with Crippen molar-refractivity contribution < 1.29 is 4.79 Å². The number of fused-ring (bicyclic) bond motifs is 1. The van der Waals surface area contributed by atoms with Gasteiger partial charge in [-0.05, 0) is 30.7 Å². The van der Waals surface area contributed by atoms with E-state index in [-0.39, 0.29) is 5.91 Å². The number of thiophene rings is 1. The van der Waals surface area contributed by atoms with Crippen LogP contribution in [0.25, 0.3) is 20.8 Å². The first kappa shape index (κ1) is 17.3. The molecule has 1 aromatic carbocycles. The molecule has 0 saturated heterocycles. The van der Waals surface area contributed by atoms with Crippen molar-refractivity contribution in [2.45, 2.75) is 19.8 Å². The lowest BCUT2D eigenvalue weighted by Gasteiger charge is -1.98. The summed E-state index contributed by atoms with van der Waals surface area (Å²) in [5.41, 5.74) is 2.09. The van der Waals surface area contributed by atoms with Gasteiger partial charge in [-0.3, -0.25) is 4.79 Å². The molecule has 0 unspecified atom stereocenters. The van der Waals surface area contributed by atoms with Crippen LogP contribution in [0, 0.1) is 0 Å². The number of carbonyl (C=O) groups is 1. The number of para-hydroxylation sites is 1. The number of hydrogen-bond donors (Lipinski definition) is 1. The summed E-state index contributed by atoms with van der Waals surface area (Å²) in [5.74, 6) is 0.0146. The van der Waals surface area contributed by atoms with E-state index in [1.807, 2.05) is 12.1 Å². The number of aromatic nitrogens is 2. The second kappa shape index (κ2) is 7.65. The normalized spacial score (nSPS) is 11.1. The fourth-order valence-electron chi connectivity index (χ4n) is 2.64. The van der Waals surface area contributed by atoms with Crippen molar-refractivity contribution in [3.63, 3.8) is 0 Å². The molecule has 0 atom stereocenters. The smallest absolute Gasteiger partial charge is 0.216 e. The SMILES string of the molecule is CC(=O)NCCc1ccc(-c2csc(Cc3nc4ccccc4s3)n2)s1. The van der Waals surface area contributed by atoms with Crippen LogP contribution >= 0.6 is 34.0 Å². The Hall–Kier alpha value is -2.09. The van der Waals surface area contributed by atoms with Gasteiger partial charge in [-0.1, -0.05) is 12.1 Å². The van der Waals surface area contributed by atoms with Crippen LogP contribution in [0.15, 0.2) is 41.8 Å². The molecule has 0 radical (unpaired) electrons. The van der Waals surface area contributed by atoms with Crippen LogP contribution in [-0.4, -0.2) is 22.4 Å². The molecule has 0 aliphatic carbocycles. The van der Waals surface area contributed by atoms with Gasteiger partial charge in [0.1, 0.15) is 10.0 Å². The Kier molecular flexibility index (Phi) is 5.10. The van der Waals surface area contributed by atoms with E-state index in [9.17, 15) is 4.79 Å². The molecule has 3 heterocycles. The van der Waals surface area contributed by atoms with Crippen LogP contribution < -0.4 is 5.32 Å². The predicted molar refractivity (Wildman–Crippen MR) is 110 cm³/mol. The molecule has 4 nitrogen and oxygen atoms in total. The van der Waals surface area contributed by atoms with E-state index in [1.165, 1.54) is 14.5 Å². The Morgan fingerprint density at radius 2 is 1.96 bits per heavy atom. The molecule has 0 bridgehead atoms. The lowest BCUT2D eigenvalue weighted by Crippen LogP contribution is -2.21. The maximum atomic E-state index is 10.9. The average molecular weight is 400 g/mol. The molecule has 0 saturated carbocycles. The number of rotatable bonds is 6. The number of benzene rings is 1. The number of nitrogens with zero attached hydrogens (tertiary/aromatic N) is 2. The van der Waals surface area contributed by atoms with Gasteiger partial charge >= 0.3 is 0 Å². The van der Waals surface area contributed by atoms with Crippen LogP contribution in [0.1, 0.15) is 21.8 Å². The summed E-state index contributed by atoms with van der Waals surface area (Å²) in [6.07, 6.45) is 1.64. The Bertz CT molecular complexity index is 1010.